The number of β-amino-alcohol motifs (C(OH)–C–C–N with tert-alkyl or cyclic N) is 1. The van der Waals surface area contributed by atoms with Gasteiger partial charge in [-0.15, -0.1) is 0 Å². The summed E-state index contributed by atoms with van der Waals surface area (Å²) < 4.78 is 20.1. The van der Waals surface area contributed by atoms with E-state index in [2.05, 4.69) is 10.3 Å². The van der Waals surface area contributed by atoms with Crippen LogP contribution >= 0.6 is 0 Å². The number of nitrogens with one attached hydrogen (secondary N) is 1. The third-order valence-electron chi connectivity index (χ3n) is 4.81. The van der Waals surface area contributed by atoms with Crippen LogP contribution in [-0.2, 0) is 0 Å². The topological polar surface area (TPSA) is 78.6 Å². The number of carbonyl (C=O) groups excluding carboxylic acids is 1. The molecular weight excluding hydrogens is 349 g/mol. The molecule has 3 aromatic rings. The summed E-state index contributed by atoms with van der Waals surface area (Å²) in [4.78, 5) is 18.7. The van der Waals surface area contributed by atoms with Crippen LogP contribution in [0.1, 0.15) is 29.5 Å². The van der Waals surface area contributed by atoms with Crippen molar-refractivity contribution >= 4 is 28.3 Å². The van der Waals surface area contributed by atoms with Crippen molar-refractivity contribution in [1.82, 2.24) is 9.88 Å². The van der Waals surface area contributed by atoms with E-state index in [4.69, 9.17) is 4.42 Å². The number of aliphatic hydroxyl groups is 1. The number of nitrogens with zero attached hydrogens (tertiary/aromatic N) is 2. The van der Waals surface area contributed by atoms with E-state index in [9.17, 15) is 14.3 Å². The van der Waals surface area contributed by atoms with Crippen molar-refractivity contribution in [2.45, 2.75) is 25.9 Å². The number of aromatic nitrogens is 1. The minimum Gasteiger partial charge on any atom is -0.448 e. The predicted molar refractivity (Wildman–Crippen MR) is 99.6 cm³/mol. The number of fused-ring (bicyclic) bond motifs is 1. The Labute approximate surface area is 155 Å². The SMILES string of the molecule is Cc1ccc(Nc2c(C(=O)N3CCC(C)(O)C3)oc3ccncc23)c(F)c1. The van der Waals surface area contributed by atoms with E-state index in [0.717, 1.165) is 5.56 Å². The van der Waals surface area contributed by atoms with Crippen LogP contribution < -0.4 is 5.32 Å². The number of pyridine rings is 1. The number of hydrogen-bond acceptors (Lipinski definition) is 5. The number of likely N-dealkylation sites (tertiary alicyclic amines) is 1. The molecule has 1 amide bonds. The van der Waals surface area contributed by atoms with E-state index in [1.807, 2.05) is 0 Å². The molecule has 1 aliphatic rings. The zero-order valence-corrected chi connectivity index (χ0v) is 15.1. The molecule has 1 saturated heterocycles. The Bertz CT molecular complexity index is 1030. The third-order valence-corrected chi connectivity index (χ3v) is 4.81. The van der Waals surface area contributed by atoms with Gasteiger partial charge in [-0.05, 0) is 44.0 Å². The molecule has 1 fully saturated rings. The van der Waals surface area contributed by atoms with E-state index in [1.54, 1.807) is 49.3 Å². The highest BCUT2D eigenvalue weighted by atomic mass is 19.1. The van der Waals surface area contributed by atoms with E-state index < -0.39 is 11.4 Å². The molecule has 6 nitrogen and oxygen atoms in total. The molecule has 0 saturated carbocycles. The van der Waals surface area contributed by atoms with Gasteiger partial charge in [-0.3, -0.25) is 9.78 Å². The van der Waals surface area contributed by atoms with Crippen molar-refractivity contribution in [2.24, 2.45) is 0 Å². The Balaban J connectivity index is 1.77. The molecule has 3 heterocycles. The summed E-state index contributed by atoms with van der Waals surface area (Å²) in [5, 5.41) is 13.8. The molecule has 1 unspecified atom stereocenters. The Morgan fingerprint density at radius 1 is 1.41 bits per heavy atom. The monoisotopic (exact) mass is 369 g/mol. The van der Waals surface area contributed by atoms with Crippen molar-refractivity contribution in [3.05, 3.63) is 53.8 Å². The molecule has 1 atom stereocenters. The van der Waals surface area contributed by atoms with E-state index in [1.165, 1.54) is 6.07 Å². The normalized spacial score (nSPS) is 19.6. The average molecular weight is 369 g/mol. The summed E-state index contributed by atoms with van der Waals surface area (Å²) in [5.74, 6) is -0.689. The molecule has 1 aliphatic heterocycles. The van der Waals surface area contributed by atoms with Gasteiger partial charge in [0, 0.05) is 25.5 Å². The molecule has 0 spiro atoms. The van der Waals surface area contributed by atoms with Crippen molar-refractivity contribution in [2.75, 3.05) is 18.4 Å². The lowest BCUT2D eigenvalue weighted by Crippen LogP contribution is -2.34. The van der Waals surface area contributed by atoms with Crippen LogP contribution in [0.2, 0.25) is 0 Å². The molecular formula is C20H20FN3O3. The second kappa shape index (κ2) is 6.35. The van der Waals surface area contributed by atoms with Gasteiger partial charge in [-0.2, -0.15) is 0 Å². The average Bonchev–Trinajstić information content (AvgIpc) is 3.17. The zero-order valence-electron chi connectivity index (χ0n) is 15.1. The number of amides is 1. The van der Waals surface area contributed by atoms with Gasteiger partial charge in [0.15, 0.2) is 0 Å². The minimum absolute atomic E-state index is 0.0793. The smallest absolute Gasteiger partial charge is 0.291 e. The van der Waals surface area contributed by atoms with E-state index in [0.29, 0.717) is 29.6 Å². The first-order valence-electron chi connectivity index (χ1n) is 8.75. The van der Waals surface area contributed by atoms with Gasteiger partial charge < -0.3 is 19.7 Å². The number of aryl methyl sites for hydroxylation is 1. The molecule has 0 aliphatic carbocycles. The van der Waals surface area contributed by atoms with Crippen LogP contribution in [0.5, 0.6) is 0 Å². The second-order valence-corrected chi connectivity index (χ2v) is 7.26. The fraction of sp³-hybridized carbons (Fsp3) is 0.300. The second-order valence-electron chi connectivity index (χ2n) is 7.26. The predicted octanol–water partition coefficient (Wildman–Crippen LogP) is 3.62. The standard InChI is InChI=1S/C20H20FN3O3/c1-12-3-4-15(14(21)9-12)23-17-13-10-22-7-5-16(13)27-18(17)19(25)24-8-6-20(2,26)11-24/h3-5,7,9-10,23,26H,6,8,11H2,1-2H3. The van der Waals surface area contributed by atoms with Gasteiger partial charge in [0.1, 0.15) is 17.1 Å². The maximum atomic E-state index is 14.3. The molecule has 27 heavy (non-hydrogen) atoms. The van der Waals surface area contributed by atoms with Crippen LogP contribution in [0.25, 0.3) is 11.0 Å². The first-order chi connectivity index (χ1) is 12.8. The fourth-order valence-corrected chi connectivity index (χ4v) is 3.33. The quantitative estimate of drug-likeness (QED) is 0.737. The Morgan fingerprint density at radius 2 is 2.22 bits per heavy atom. The lowest BCUT2D eigenvalue weighted by molar-refractivity contribution is 0.0557. The molecule has 4 rings (SSSR count). The Kier molecular flexibility index (Phi) is 4.11. The largest absolute Gasteiger partial charge is 0.448 e. The van der Waals surface area contributed by atoms with Crippen molar-refractivity contribution < 1.29 is 18.7 Å². The van der Waals surface area contributed by atoms with Crippen molar-refractivity contribution in [3.8, 4) is 0 Å². The highest BCUT2D eigenvalue weighted by molar-refractivity contribution is 6.07. The van der Waals surface area contributed by atoms with Crippen LogP contribution in [0.4, 0.5) is 15.8 Å². The Morgan fingerprint density at radius 3 is 2.93 bits per heavy atom. The molecule has 0 radical (unpaired) electrons. The lowest BCUT2D eigenvalue weighted by atomic mass is 10.1. The number of carbonyl (C=O) groups is 1. The van der Waals surface area contributed by atoms with Crippen LogP contribution in [-0.4, -0.2) is 39.6 Å². The highest BCUT2D eigenvalue weighted by Gasteiger charge is 2.36. The van der Waals surface area contributed by atoms with Crippen LogP contribution in [0.15, 0.2) is 41.1 Å². The minimum atomic E-state index is -0.917. The zero-order chi connectivity index (χ0) is 19.2. The molecule has 0 bridgehead atoms. The summed E-state index contributed by atoms with van der Waals surface area (Å²) >= 11 is 0. The van der Waals surface area contributed by atoms with Gasteiger partial charge >= 0.3 is 0 Å². The fourth-order valence-electron chi connectivity index (χ4n) is 3.33. The van der Waals surface area contributed by atoms with Crippen molar-refractivity contribution in [1.29, 1.82) is 0 Å². The number of benzene rings is 1. The summed E-state index contributed by atoms with van der Waals surface area (Å²) in [6.45, 7) is 4.15. The maximum absolute atomic E-state index is 14.3. The number of rotatable bonds is 3. The van der Waals surface area contributed by atoms with Gasteiger partial charge in [0.2, 0.25) is 5.76 Å². The number of anilines is 2. The summed E-state index contributed by atoms with van der Waals surface area (Å²) in [5.41, 5.74) is 0.980. The van der Waals surface area contributed by atoms with Gasteiger partial charge in [0.05, 0.1) is 16.7 Å². The van der Waals surface area contributed by atoms with Crippen LogP contribution in [0.3, 0.4) is 0 Å². The van der Waals surface area contributed by atoms with E-state index >= 15 is 0 Å². The summed E-state index contributed by atoms with van der Waals surface area (Å²) in [6.07, 6.45) is 3.64. The Hall–Kier alpha value is -2.93. The molecule has 1 aromatic carbocycles. The van der Waals surface area contributed by atoms with Crippen LogP contribution in [0, 0.1) is 12.7 Å². The number of hydrogen-bond donors (Lipinski definition) is 2. The summed E-state index contributed by atoms with van der Waals surface area (Å²) in [6, 6.07) is 6.48. The number of halogens is 1. The third kappa shape index (κ3) is 3.26. The highest BCUT2D eigenvalue weighted by Crippen LogP contribution is 2.35. The van der Waals surface area contributed by atoms with Gasteiger partial charge in [-0.25, -0.2) is 4.39 Å². The van der Waals surface area contributed by atoms with Gasteiger partial charge in [0.25, 0.3) is 5.91 Å². The lowest BCUT2D eigenvalue weighted by Gasteiger charge is -2.18. The first kappa shape index (κ1) is 17.5. The van der Waals surface area contributed by atoms with Crippen molar-refractivity contribution in [3.63, 3.8) is 0 Å². The van der Waals surface area contributed by atoms with Gasteiger partial charge in [-0.1, -0.05) is 6.07 Å². The summed E-state index contributed by atoms with van der Waals surface area (Å²) in [7, 11) is 0. The number of furan rings is 1. The van der Waals surface area contributed by atoms with E-state index in [-0.39, 0.29) is 23.9 Å². The molecule has 2 aromatic heterocycles. The molecule has 2 N–H and O–H groups in total. The molecule has 7 heteroatoms. The first-order valence-corrected chi connectivity index (χ1v) is 8.75. The molecule has 140 valence electrons. The maximum Gasteiger partial charge on any atom is 0.291 e.